The normalized spacial score (nSPS) is 11.6. The molecule has 0 radical (unpaired) electrons. The number of oxazole rings is 1. The molecule has 4 heteroatoms. The van der Waals surface area contributed by atoms with Crippen LogP contribution in [0.2, 0.25) is 0 Å². The molecule has 2 heterocycles. The number of furan rings is 1. The number of benzene rings is 7. The summed E-state index contributed by atoms with van der Waals surface area (Å²) in [6.07, 6.45) is 0. The van der Waals surface area contributed by atoms with Crippen LogP contribution in [0.25, 0.3) is 66.4 Å². The molecule has 212 valence electrons. The number of para-hydroxylation sites is 2. The van der Waals surface area contributed by atoms with Crippen molar-refractivity contribution in [1.29, 1.82) is 0 Å². The summed E-state index contributed by atoms with van der Waals surface area (Å²) < 4.78 is 13.0. The van der Waals surface area contributed by atoms with Gasteiger partial charge in [-0.1, -0.05) is 109 Å². The Morgan fingerprint density at radius 3 is 1.98 bits per heavy atom. The number of hydrogen-bond donors (Lipinski definition) is 0. The van der Waals surface area contributed by atoms with Crippen LogP contribution in [0.15, 0.2) is 167 Å². The van der Waals surface area contributed by atoms with E-state index in [1.165, 1.54) is 0 Å². The lowest BCUT2D eigenvalue weighted by molar-refractivity contribution is 0.620. The summed E-state index contributed by atoms with van der Waals surface area (Å²) >= 11 is 0. The number of anilines is 3. The van der Waals surface area contributed by atoms with Gasteiger partial charge in [0.05, 0.1) is 11.4 Å². The van der Waals surface area contributed by atoms with Crippen molar-refractivity contribution in [2.75, 3.05) is 4.90 Å². The highest BCUT2D eigenvalue weighted by Crippen LogP contribution is 2.47. The summed E-state index contributed by atoms with van der Waals surface area (Å²) in [4.78, 5) is 7.40. The third-order valence-electron chi connectivity index (χ3n) is 8.48. The van der Waals surface area contributed by atoms with E-state index in [1.807, 2.05) is 48.5 Å². The Kier molecular flexibility index (Phi) is 5.78. The van der Waals surface area contributed by atoms with E-state index >= 15 is 0 Å². The maximum atomic E-state index is 6.73. The lowest BCUT2D eigenvalue weighted by Gasteiger charge is -2.28. The molecular formula is C41H26N2O2. The van der Waals surface area contributed by atoms with Gasteiger partial charge in [-0.2, -0.15) is 0 Å². The zero-order valence-electron chi connectivity index (χ0n) is 24.2. The van der Waals surface area contributed by atoms with Crippen molar-refractivity contribution in [2.45, 2.75) is 0 Å². The Hall–Kier alpha value is -6.13. The van der Waals surface area contributed by atoms with Crippen LogP contribution >= 0.6 is 0 Å². The van der Waals surface area contributed by atoms with Crippen molar-refractivity contribution in [3.05, 3.63) is 158 Å². The maximum Gasteiger partial charge on any atom is 0.227 e. The average Bonchev–Trinajstić information content (AvgIpc) is 3.72. The summed E-state index contributed by atoms with van der Waals surface area (Å²) in [7, 11) is 0. The first-order valence-corrected chi connectivity index (χ1v) is 15.1. The largest absolute Gasteiger partial charge is 0.456 e. The molecule has 0 amide bonds. The molecule has 9 aromatic rings. The standard InChI is InChI=1S/C41H26N2O2/c1-3-13-27(14-4-1)31-18-9-11-21-35(31)43(30-23-24-38-34(26-30)33-20-10-12-22-37(33)44-38)36-25-29-17-7-8-19-32(29)39-40(36)45-41(42-39)28-15-5-2-6-16-28/h1-26H. The summed E-state index contributed by atoms with van der Waals surface area (Å²) in [5.74, 6) is 0.593. The third-order valence-corrected chi connectivity index (χ3v) is 8.48. The van der Waals surface area contributed by atoms with Crippen LogP contribution in [-0.4, -0.2) is 4.98 Å². The molecule has 7 aromatic carbocycles. The monoisotopic (exact) mass is 578 g/mol. The Bertz CT molecular complexity index is 2490. The molecule has 0 unspecified atom stereocenters. The molecule has 4 nitrogen and oxygen atoms in total. The van der Waals surface area contributed by atoms with Gasteiger partial charge in [0.25, 0.3) is 0 Å². The fourth-order valence-corrected chi connectivity index (χ4v) is 6.39. The molecule has 0 N–H and O–H groups in total. The minimum absolute atomic E-state index is 0.593. The van der Waals surface area contributed by atoms with E-state index in [1.54, 1.807) is 0 Å². The lowest BCUT2D eigenvalue weighted by atomic mass is 10.0. The molecule has 0 aliphatic carbocycles. The molecule has 0 fully saturated rings. The van der Waals surface area contributed by atoms with Crippen LogP contribution in [0, 0.1) is 0 Å². The summed E-state index contributed by atoms with van der Waals surface area (Å²) in [5.41, 5.74) is 9.40. The third kappa shape index (κ3) is 4.19. The van der Waals surface area contributed by atoms with Gasteiger partial charge in [-0.15, -0.1) is 0 Å². The molecule has 45 heavy (non-hydrogen) atoms. The summed E-state index contributed by atoms with van der Waals surface area (Å²) in [5, 5.41) is 4.28. The van der Waals surface area contributed by atoms with Gasteiger partial charge in [0.15, 0.2) is 5.58 Å². The molecule has 0 atom stereocenters. The summed E-state index contributed by atoms with van der Waals surface area (Å²) in [6.45, 7) is 0. The Balaban J connectivity index is 1.38. The smallest absolute Gasteiger partial charge is 0.227 e. The van der Waals surface area contributed by atoms with Gasteiger partial charge in [0, 0.05) is 33.0 Å². The van der Waals surface area contributed by atoms with Gasteiger partial charge in [0.2, 0.25) is 5.89 Å². The highest BCUT2D eigenvalue weighted by Gasteiger charge is 2.24. The predicted molar refractivity (Wildman–Crippen MR) is 184 cm³/mol. The van der Waals surface area contributed by atoms with Crippen molar-refractivity contribution in [1.82, 2.24) is 4.98 Å². The van der Waals surface area contributed by atoms with Crippen molar-refractivity contribution in [3.63, 3.8) is 0 Å². The number of fused-ring (bicyclic) bond motifs is 6. The van der Waals surface area contributed by atoms with E-state index in [9.17, 15) is 0 Å². The Morgan fingerprint density at radius 2 is 1.13 bits per heavy atom. The van der Waals surface area contributed by atoms with Crippen LogP contribution < -0.4 is 4.90 Å². The maximum absolute atomic E-state index is 6.73. The fourth-order valence-electron chi connectivity index (χ4n) is 6.39. The molecule has 0 bridgehead atoms. The minimum atomic E-state index is 0.593. The molecule has 0 spiro atoms. The molecule has 2 aromatic heterocycles. The SMILES string of the molecule is c1ccc(-c2nc3c(o2)c(N(c2ccc4oc5ccccc5c4c2)c2ccccc2-c2ccccc2)cc2ccccc23)cc1. The lowest BCUT2D eigenvalue weighted by Crippen LogP contribution is -2.11. The van der Waals surface area contributed by atoms with Gasteiger partial charge in [-0.3, -0.25) is 0 Å². The van der Waals surface area contributed by atoms with Crippen LogP contribution in [0.4, 0.5) is 17.1 Å². The molecule has 0 saturated carbocycles. The van der Waals surface area contributed by atoms with Gasteiger partial charge >= 0.3 is 0 Å². The second kappa shape index (κ2) is 10.2. The molecule has 9 rings (SSSR count). The number of hydrogen-bond acceptors (Lipinski definition) is 4. The highest BCUT2D eigenvalue weighted by molar-refractivity contribution is 6.13. The Labute approximate surface area is 259 Å². The first kappa shape index (κ1) is 25.4. The molecule has 0 aliphatic rings. The zero-order chi connectivity index (χ0) is 29.7. The first-order chi connectivity index (χ1) is 22.3. The van der Waals surface area contributed by atoms with Crippen molar-refractivity contribution in [2.24, 2.45) is 0 Å². The summed E-state index contributed by atoms with van der Waals surface area (Å²) in [6, 6.07) is 54.4. The van der Waals surface area contributed by atoms with Gasteiger partial charge in [-0.25, -0.2) is 4.98 Å². The van der Waals surface area contributed by atoms with Gasteiger partial charge in [-0.05, 0) is 59.5 Å². The van der Waals surface area contributed by atoms with E-state index in [0.717, 1.165) is 77.6 Å². The van der Waals surface area contributed by atoms with E-state index in [-0.39, 0.29) is 0 Å². The first-order valence-electron chi connectivity index (χ1n) is 15.1. The van der Waals surface area contributed by atoms with E-state index in [0.29, 0.717) is 5.89 Å². The number of rotatable bonds is 5. The second-order valence-electron chi connectivity index (χ2n) is 11.2. The van der Waals surface area contributed by atoms with E-state index < -0.39 is 0 Å². The van der Waals surface area contributed by atoms with E-state index in [4.69, 9.17) is 13.8 Å². The van der Waals surface area contributed by atoms with Gasteiger partial charge < -0.3 is 13.7 Å². The van der Waals surface area contributed by atoms with Crippen molar-refractivity contribution < 1.29 is 8.83 Å². The average molecular weight is 579 g/mol. The molecular weight excluding hydrogens is 552 g/mol. The molecule has 0 saturated heterocycles. The fraction of sp³-hybridized carbons (Fsp3) is 0. The van der Waals surface area contributed by atoms with Crippen molar-refractivity contribution in [3.8, 4) is 22.6 Å². The number of nitrogens with zero attached hydrogens (tertiary/aromatic N) is 2. The van der Waals surface area contributed by atoms with Crippen molar-refractivity contribution >= 4 is 60.9 Å². The quantitative estimate of drug-likeness (QED) is 0.204. The van der Waals surface area contributed by atoms with E-state index in [2.05, 4.69) is 114 Å². The van der Waals surface area contributed by atoms with Crippen LogP contribution in [0.3, 0.4) is 0 Å². The van der Waals surface area contributed by atoms with Crippen LogP contribution in [-0.2, 0) is 0 Å². The number of aromatic nitrogens is 1. The van der Waals surface area contributed by atoms with Crippen LogP contribution in [0.5, 0.6) is 0 Å². The van der Waals surface area contributed by atoms with Crippen LogP contribution in [0.1, 0.15) is 0 Å². The zero-order valence-corrected chi connectivity index (χ0v) is 24.2. The minimum Gasteiger partial charge on any atom is -0.456 e. The highest BCUT2D eigenvalue weighted by atomic mass is 16.3. The second-order valence-corrected chi connectivity index (χ2v) is 11.2. The molecule has 0 aliphatic heterocycles. The Morgan fingerprint density at radius 1 is 0.467 bits per heavy atom. The predicted octanol–water partition coefficient (Wildman–Crippen LogP) is 11.7. The topological polar surface area (TPSA) is 42.4 Å². The van der Waals surface area contributed by atoms with Gasteiger partial charge in [0.1, 0.15) is 16.7 Å².